The maximum atomic E-state index is 13.5. The van der Waals surface area contributed by atoms with Crippen LogP contribution in [0, 0.1) is 18.7 Å². The number of aromatic nitrogens is 3. The molecule has 2 aromatic heterocycles. The topological polar surface area (TPSA) is 60.2 Å². The molecule has 2 atom stereocenters. The number of aryl methyl sites for hydroxylation is 1. The van der Waals surface area contributed by atoms with E-state index in [1.807, 2.05) is 42.3 Å². The summed E-state index contributed by atoms with van der Waals surface area (Å²) >= 11 is 0. The van der Waals surface area contributed by atoms with Crippen molar-refractivity contribution in [2.75, 3.05) is 13.2 Å². The first-order valence-electron chi connectivity index (χ1n) is 10.2. The predicted molar refractivity (Wildman–Crippen MR) is 111 cm³/mol. The molecular weight excluding hydrogens is 383 g/mol. The predicted octanol–water partition coefficient (Wildman–Crippen LogP) is 4.03. The van der Waals surface area contributed by atoms with Crippen LogP contribution in [0.25, 0.3) is 5.69 Å². The third kappa shape index (κ3) is 4.35. The molecule has 1 saturated heterocycles. The van der Waals surface area contributed by atoms with Crippen LogP contribution in [0.4, 0.5) is 4.39 Å². The van der Waals surface area contributed by atoms with Crippen molar-refractivity contribution in [1.29, 1.82) is 0 Å². The summed E-state index contributed by atoms with van der Waals surface area (Å²) in [5.41, 5.74) is 2.45. The minimum absolute atomic E-state index is 0.00121. The Balaban J connectivity index is 1.50. The van der Waals surface area contributed by atoms with E-state index in [2.05, 4.69) is 17.0 Å². The Morgan fingerprint density at radius 3 is 2.87 bits per heavy atom. The summed E-state index contributed by atoms with van der Waals surface area (Å²) in [5, 5.41) is 4.30. The first kappa shape index (κ1) is 20.1. The summed E-state index contributed by atoms with van der Waals surface area (Å²) in [6.45, 7) is 5.11. The summed E-state index contributed by atoms with van der Waals surface area (Å²) in [5.74, 6) is 0.195. The Morgan fingerprint density at radius 1 is 1.27 bits per heavy atom. The quantitative estimate of drug-likeness (QED) is 0.639. The minimum Gasteiger partial charge on any atom is -0.477 e. The highest BCUT2D eigenvalue weighted by atomic mass is 19.1. The molecule has 1 aliphatic rings. The lowest BCUT2D eigenvalue weighted by atomic mass is 9.93. The highest BCUT2D eigenvalue weighted by molar-refractivity contribution is 5.98. The van der Waals surface area contributed by atoms with Gasteiger partial charge in [-0.05, 0) is 51.0 Å². The maximum Gasteiger partial charge on any atom is 0.256 e. The molecule has 30 heavy (non-hydrogen) atoms. The number of amides is 1. The third-order valence-corrected chi connectivity index (χ3v) is 5.54. The zero-order chi connectivity index (χ0) is 21.1. The van der Waals surface area contributed by atoms with Gasteiger partial charge in [0.25, 0.3) is 5.91 Å². The Bertz CT molecular complexity index is 1000. The number of pyridine rings is 1. The number of hydrogen-bond donors (Lipinski definition) is 0. The SMILES string of the molecule is Cc1ccc(-n2cccn2)c(C(=O)N2C[C@H](COc3ccc(F)cn3)CC[C@H]2C)c1. The van der Waals surface area contributed by atoms with E-state index in [4.69, 9.17) is 4.74 Å². The highest BCUT2D eigenvalue weighted by Gasteiger charge is 2.31. The van der Waals surface area contributed by atoms with Crippen molar-refractivity contribution in [3.63, 3.8) is 0 Å². The van der Waals surface area contributed by atoms with Gasteiger partial charge in [0.15, 0.2) is 0 Å². The van der Waals surface area contributed by atoms with Gasteiger partial charge in [-0.3, -0.25) is 4.79 Å². The van der Waals surface area contributed by atoms with E-state index in [1.165, 1.54) is 12.1 Å². The Hall–Kier alpha value is -3.22. The summed E-state index contributed by atoms with van der Waals surface area (Å²) in [6, 6.07) is 10.7. The number of hydrogen-bond acceptors (Lipinski definition) is 4. The zero-order valence-corrected chi connectivity index (χ0v) is 17.2. The normalized spacial score (nSPS) is 19.0. The second-order valence-corrected chi connectivity index (χ2v) is 7.85. The number of ether oxygens (including phenoxy) is 1. The Morgan fingerprint density at radius 2 is 2.13 bits per heavy atom. The molecule has 0 spiro atoms. The van der Waals surface area contributed by atoms with Crippen molar-refractivity contribution in [2.45, 2.75) is 32.7 Å². The fourth-order valence-electron chi connectivity index (χ4n) is 3.84. The monoisotopic (exact) mass is 408 g/mol. The molecule has 0 saturated carbocycles. The Labute approximate surface area is 175 Å². The minimum atomic E-state index is -0.392. The molecule has 3 aromatic rings. The van der Waals surface area contributed by atoms with Crippen LogP contribution in [0.2, 0.25) is 0 Å². The van der Waals surface area contributed by atoms with E-state index >= 15 is 0 Å². The second kappa shape index (κ2) is 8.65. The van der Waals surface area contributed by atoms with E-state index in [0.29, 0.717) is 24.6 Å². The van der Waals surface area contributed by atoms with Gasteiger partial charge in [-0.2, -0.15) is 5.10 Å². The highest BCUT2D eigenvalue weighted by Crippen LogP contribution is 2.27. The average Bonchev–Trinajstić information content (AvgIpc) is 3.28. The number of benzene rings is 1. The molecule has 1 aliphatic heterocycles. The molecule has 1 amide bonds. The lowest BCUT2D eigenvalue weighted by molar-refractivity contribution is 0.0502. The first-order valence-corrected chi connectivity index (χ1v) is 10.2. The molecule has 4 rings (SSSR count). The van der Waals surface area contributed by atoms with Crippen molar-refractivity contribution >= 4 is 5.91 Å². The number of likely N-dealkylation sites (tertiary alicyclic amines) is 1. The third-order valence-electron chi connectivity index (χ3n) is 5.54. The van der Waals surface area contributed by atoms with Crippen LogP contribution in [0.1, 0.15) is 35.7 Å². The fraction of sp³-hybridized carbons (Fsp3) is 0.348. The smallest absolute Gasteiger partial charge is 0.256 e. The zero-order valence-electron chi connectivity index (χ0n) is 17.2. The van der Waals surface area contributed by atoms with Crippen LogP contribution < -0.4 is 4.74 Å². The average molecular weight is 408 g/mol. The van der Waals surface area contributed by atoms with Gasteiger partial charge in [0.2, 0.25) is 5.88 Å². The summed E-state index contributed by atoms with van der Waals surface area (Å²) in [7, 11) is 0. The van der Waals surface area contributed by atoms with Gasteiger partial charge < -0.3 is 9.64 Å². The molecule has 0 radical (unpaired) electrons. The van der Waals surface area contributed by atoms with Crippen LogP contribution in [-0.4, -0.2) is 44.8 Å². The van der Waals surface area contributed by atoms with Gasteiger partial charge in [-0.1, -0.05) is 11.6 Å². The molecule has 0 unspecified atom stereocenters. The molecular formula is C23H25FN4O2. The summed E-state index contributed by atoms with van der Waals surface area (Å²) in [4.78, 5) is 19.4. The van der Waals surface area contributed by atoms with Crippen LogP contribution >= 0.6 is 0 Å². The van der Waals surface area contributed by atoms with Crippen LogP contribution in [0.15, 0.2) is 55.0 Å². The number of nitrogens with zero attached hydrogens (tertiary/aromatic N) is 4. The molecule has 3 heterocycles. The number of halogens is 1. The second-order valence-electron chi connectivity index (χ2n) is 7.85. The van der Waals surface area contributed by atoms with E-state index in [9.17, 15) is 9.18 Å². The van der Waals surface area contributed by atoms with Gasteiger partial charge in [0.1, 0.15) is 5.82 Å². The van der Waals surface area contributed by atoms with Gasteiger partial charge in [-0.25, -0.2) is 14.1 Å². The first-order chi connectivity index (χ1) is 14.5. The van der Waals surface area contributed by atoms with Crippen molar-refractivity contribution in [3.8, 4) is 11.6 Å². The van der Waals surface area contributed by atoms with E-state index < -0.39 is 5.82 Å². The van der Waals surface area contributed by atoms with Crippen molar-refractivity contribution < 1.29 is 13.9 Å². The molecule has 1 aromatic carbocycles. The van der Waals surface area contributed by atoms with Crippen LogP contribution in [-0.2, 0) is 0 Å². The van der Waals surface area contributed by atoms with Crippen LogP contribution in [0.5, 0.6) is 5.88 Å². The molecule has 0 N–H and O–H groups in total. The summed E-state index contributed by atoms with van der Waals surface area (Å²) in [6.07, 6.45) is 6.55. The number of carbonyl (C=O) groups excluding carboxylic acids is 1. The van der Waals surface area contributed by atoms with Gasteiger partial charge >= 0.3 is 0 Å². The lowest BCUT2D eigenvalue weighted by Gasteiger charge is -2.38. The van der Waals surface area contributed by atoms with Gasteiger partial charge in [0, 0.05) is 37.0 Å². The van der Waals surface area contributed by atoms with E-state index in [-0.39, 0.29) is 17.9 Å². The molecule has 0 bridgehead atoms. The number of rotatable bonds is 5. The van der Waals surface area contributed by atoms with Crippen molar-refractivity contribution in [3.05, 3.63) is 71.9 Å². The van der Waals surface area contributed by atoms with E-state index in [0.717, 1.165) is 30.3 Å². The summed E-state index contributed by atoms with van der Waals surface area (Å²) < 4.78 is 20.5. The fourth-order valence-corrected chi connectivity index (χ4v) is 3.84. The largest absolute Gasteiger partial charge is 0.477 e. The molecule has 0 aliphatic carbocycles. The van der Waals surface area contributed by atoms with Crippen molar-refractivity contribution in [2.24, 2.45) is 5.92 Å². The molecule has 7 heteroatoms. The Kier molecular flexibility index (Phi) is 5.79. The standard InChI is InChI=1S/C23H25FN4O2/c1-16-4-8-21(28-11-3-10-26-28)20(12-16)23(29)27-14-18(6-5-17(27)2)15-30-22-9-7-19(24)13-25-22/h3-4,7-13,17-18H,5-6,14-15H2,1-2H3/t17-,18-/m1/s1. The molecule has 156 valence electrons. The number of carbonyl (C=O) groups is 1. The van der Waals surface area contributed by atoms with E-state index in [1.54, 1.807) is 10.9 Å². The maximum absolute atomic E-state index is 13.5. The number of piperidine rings is 1. The van der Waals surface area contributed by atoms with Gasteiger partial charge in [-0.15, -0.1) is 0 Å². The van der Waals surface area contributed by atoms with Crippen molar-refractivity contribution in [1.82, 2.24) is 19.7 Å². The molecule has 1 fully saturated rings. The lowest BCUT2D eigenvalue weighted by Crippen LogP contribution is -2.47. The van der Waals surface area contributed by atoms with Crippen LogP contribution in [0.3, 0.4) is 0 Å². The molecule has 6 nitrogen and oxygen atoms in total. The van der Waals surface area contributed by atoms with Gasteiger partial charge in [0.05, 0.1) is 24.1 Å².